The fourth-order valence-corrected chi connectivity index (χ4v) is 5.06. The van der Waals surface area contributed by atoms with Crippen LogP contribution in [0.15, 0.2) is 65.6 Å². The monoisotopic (exact) mass is 509 g/mol. The van der Waals surface area contributed by atoms with E-state index in [9.17, 15) is 14.7 Å². The summed E-state index contributed by atoms with van der Waals surface area (Å²) < 4.78 is 22.8. The molecule has 2 aromatic carbocycles. The van der Waals surface area contributed by atoms with Gasteiger partial charge in [-0.15, -0.1) is 0 Å². The van der Waals surface area contributed by atoms with E-state index in [0.29, 0.717) is 12.0 Å². The fourth-order valence-electron chi connectivity index (χ4n) is 4.91. The molecule has 1 aromatic heterocycles. The van der Waals surface area contributed by atoms with Crippen molar-refractivity contribution in [1.82, 2.24) is 9.58 Å². The minimum absolute atomic E-state index is 0.00520. The first-order valence-corrected chi connectivity index (χ1v) is 12.1. The largest absolute Gasteiger partial charge is 0.502 e. The Hall–Kier alpha value is -3.78. The lowest BCUT2D eigenvalue weighted by atomic mass is 9.93. The number of hydrogen-bond acceptors (Lipinski definition) is 5. The summed E-state index contributed by atoms with van der Waals surface area (Å²) in [6, 6.07) is 11.0. The zero-order chi connectivity index (χ0) is 25.6. The molecule has 0 fully saturated rings. The van der Waals surface area contributed by atoms with Crippen LogP contribution in [0.2, 0.25) is 5.02 Å². The average Bonchev–Trinajstić information content (AvgIpc) is 2.89. The van der Waals surface area contributed by atoms with Crippen LogP contribution in [-0.2, 0) is 0 Å². The summed E-state index contributed by atoms with van der Waals surface area (Å²) in [7, 11) is 0. The standard InChI is InChI=1S/C27H25ClFN3O4/c1-3-17-8-6-14-36-26-19(10-11-20(28)22(26)29)23(18-9-5-4-7-16(18)2)32-15-30(17)27(35)24-25(34)21(33)12-13-31(24)32/h4-13,17,23,34H,3,14-15H2,1-2H3/b8-6+/t17-,23+/m1/s1. The number of carbonyl (C=O) groups excluding carboxylic acids is 1. The summed E-state index contributed by atoms with van der Waals surface area (Å²) in [5, 5.41) is 12.5. The molecule has 5 rings (SSSR count). The molecule has 0 aliphatic carbocycles. The number of carbonyl (C=O) groups is 1. The third-order valence-corrected chi connectivity index (χ3v) is 7.04. The lowest BCUT2D eigenvalue weighted by Gasteiger charge is -2.46. The average molecular weight is 510 g/mol. The fraction of sp³-hybridized carbons (Fsp3) is 0.259. The van der Waals surface area contributed by atoms with E-state index in [0.717, 1.165) is 11.1 Å². The lowest BCUT2D eigenvalue weighted by Crippen LogP contribution is -2.57. The zero-order valence-corrected chi connectivity index (χ0v) is 20.6. The summed E-state index contributed by atoms with van der Waals surface area (Å²) in [4.78, 5) is 27.6. The normalized spacial score (nSPS) is 20.2. The van der Waals surface area contributed by atoms with Crippen molar-refractivity contribution in [1.29, 1.82) is 0 Å². The van der Waals surface area contributed by atoms with Crippen LogP contribution in [0.4, 0.5) is 4.39 Å². The highest BCUT2D eigenvalue weighted by molar-refractivity contribution is 6.30. The Bertz CT molecular complexity index is 1440. The van der Waals surface area contributed by atoms with Gasteiger partial charge < -0.3 is 14.7 Å². The van der Waals surface area contributed by atoms with Crippen molar-refractivity contribution >= 4 is 17.5 Å². The van der Waals surface area contributed by atoms with Crippen LogP contribution in [-0.4, -0.2) is 39.9 Å². The zero-order valence-electron chi connectivity index (χ0n) is 19.8. The van der Waals surface area contributed by atoms with E-state index >= 15 is 4.39 Å². The Morgan fingerprint density at radius 1 is 1.14 bits per heavy atom. The van der Waals surface area contributed by atoms with Crippen LogP contribution >= 0.6 is 11.6 Å². The number of pyridine rings is 1. The summed E-state index contributed by atoms with van der Waals surface area (Å²) in [6.45, 7) is 4.06. The lowest BCUT2D eigenvalue weighted by molar-refractivity contribution is 0.0626. The number of aryl methyl sites for hydroxylation is 1. The maximum Gasteiger partial charge on any atom is 0.278 e. The van der Waals surface area contributed by atoms with Gasteiger partial charge in [0.25, 0.3) is 5.91 Å². The Morgan fingerprint density at radius 2 is 1.92 bits per heavy atom. The minimum atomic E-state index is -0.680. The molecular weight excluding hydrogens is 485 g/mol. The smallest absolute Gasteiger partial charge is 0.278 e. The van der Waals surface area contributed by atoms with Gasteiger partial charge in [0, 0.05) is 17.8 Å². The molecule has 2 bridgehead atoms. The van der Waals surface area contributed by atoms with Gasteiger partial charge in [-0.25, -0.2) is 4.39 Å². The van der Waals surface area contributed by atoms with Crippen molar-refractivity contribution in [3.8, 4) is 11.5 Å². The molecule has 2 atom stereocenters. The molecule has 0 unspecified atom stereocenters. The second-order valence-electron chi connectivity index (χ2n) is 8.83. The maximum absolute atomic E-state index is 15.4. The number of hydrogen-bond donors (Lipinski definition) is 1. The van der Waals surface area contributed by atoms with Gasteiger partial charge in [-0.3, -0.25) is 19.3 Å². The van der Waals surface area contributed by atoms with Gasteiger partial charge in [-0.1, -0.05) is 54.9 Å². The third kappa shape index (κ3) is 3.82. The predicted octanol–water partition coefficient (Wildman–Crippen LogP) is 4.52. The first-order valence-electron chi connectivity index (χ1n) is 11.7. The second-order valence-corrected chi connectivity index (χ2v) is 9.24. The van der Waals surface area contributed by atoms with Crippen LogP contribution in [0, 0.1) is 12.7 Å². The molecule has 186 valence electrons. The number of nitrogens with zero attached hydrogens (tertiary/aromatic N) is 3. The number of benzene rings is 2. The molecule has 1 amide bonds. The van der Waals surface area contributed by atoms with Crippen LogP contribution in [0.3, 0.4) is 0 Å². The highest BCUT2D eigenvalue weighted by Crippen LogP contribution is 2.41. The van der Waals surface area contributed by atoms with Gasteiger partial charge in [0.1, 0.15) is 19.3 Å². The van der Waals surface area contributed by atoms with Crippen molar-refractivity contribution < 1.29 is 19.0 Å². The number of amides is 1. The number of aromatic hydroxyl groups is 1. The first kappa shape index (κ1) is 23.9. The number of halogens is 2. The third-order valence-electron chi connectivity index (χ3n) is 6.75. The molecule has 1 N–H and O–H groups in total. The summed E-state index contributed by atoms with van der Waals surface area (Å²) in [6.07, 6.45) is 5.59. The quantitative estimate of drug-likeness (QED) is 0.514. The molecule has 0 spiro atoms. The molecule has 7 nitrogen and oxygen atoms in total. The highest BCUT2D eigenvalue weighted by atomic mass is 35.5. The van der Waals surface area contributed by atoms with Crippen molar-refractivity contribution in [2.45, 2.75) is 32.4 Å². The Morgan fingerprint density at radius 3 is 2.67 bits per heavy atom. The van der Waals surface area contributed by atoms with E-state index in [1.54, 1.807) is 17.0 Å². The summed E-state index contributed by atoms with van der Waals surface area (Å²) >= 11 is 6.15. The molecule has 3 heterocycles. The van der Waals surface area contributed by atoms with Crippen molar-refractivity contribution in [3.05, 3.63) is 104 Å². The minimum Gasteiger partial charge on any atom is -0.502 e. The Labute approximate surface area is 212 Å². The van der Waals surface area contributed by atoms with Crippen LogP contribution in [0.25, 0.3) is 0 Å². The SMILES string of the molecule is CC[C@@H]1/C=C/COc2c(ccc(Cl)c2F)[C@H](c2ccccc2C)N2CN1C(=O)c1c(O)c(=O)ccn12. The van der Waals surface area contributed by atoms with Crippen LogP contribution in [0.5, 0.6) is 11.5 Å². The summed E-state index contributed by atoms with van der Waals surface area (Å²) in [5.41, 5.74) is 1.46. The highest BCUT2D eigenvalue weighted by Gasteiger charge is 2.40. The van der Waals surface area contributed by atoms with Gasteiger partial charge in [0.05, 0.1) is 11.1 Å². The van der Waals surface area contributed by atoms with Gasteiger partial charge in [0.2, 0.25) is 5.43 Å². The van der Waals surface area contributed by atoms with E-state index in [1.165, 1.54) is 23.0 Å². The Kier molecular flexibility index (Phi) is 6.22. The number of rotatable bonds is 2. The van der Waals surface area contributed by atoms with E-state index < -0.39 is 28.9 Å². The van der Waals surface area contributed by atoms with Gasteiger partial charge in [-0.05, 0) is 36.6 Å². The van der Waals surface area contributed by atoms with E-state index in [2.05, 4.69) is 0 Å². The topological polar surface area (TPSA) is 75.0 Å². The number of ether oxygens (including phenoxy) is 1. The molecule has 2 aliphatic rings. The molecule has 0 saturated heterocycles. The molecule has 0 saturated carbocycles. The first-order chi connectivity index (χ1) is 17.3. The van der Waals surface area contributed by atoms with Crippen molar-refractivity contribution in [2.24, 2.45) is 0 Å². The molecule has 36 heavy (non-hydrogen) atoms. The molecule has 0 radical (unpaired) electrons. The maximum atomic E-state index is 15.4. The van der Waals surface area contributed by atoms with Crippen LogP contribution in [0.1, 0.15) is 46.6 Å². The predicted molar refractivity (Wildman–Crippen MR) is 135 cm³/mol. The van der Waals surface area contributed by atoms with E-state index in [4.69, 9.17) is 16.3 Å². The van der Waals surface area contributed by atoms with Crippen LogP contribution < -0.4 is 15.2 Å². The number of aromatic nitrogens is 1. The van der Waals surface area contributed by atoms with Gasteiger partial charge >= 0.3 is 0 Å². The van der Waals surface area contributed by atoms with Gasteiger partial charge in [0.15, 0.2) is 23.0 Å². The molecule has 9 heteroatoms. The second kappa shape index (κ2) is 9.35. The van der Waals surface area contributed by atoms with Crippen molar-refractivity contribution in [3.63, 3.8) is 0 Å². The molecular formula is C27H25ClFN3O4. The van der Waals surface area contributed by atoms with E-state index in [1.807, 2.05) is 49.2 Å². The number of fused-ring (bicyclic) bond motifs is 5. The Balaban J connectivity index is 1.87. The molecule has 2 aliphatic heterocycles. The molecule has 3 aromatic rings. The summed E-state index contributed by atoms with van der Waals surface area (Å²) in [5.74, 6) is -1.77. The van der Waals surface area contributed by atoms with E-state index in [-0.39, 0.29) is 35.8 Å². The van der Waals surface area contributed by atoms with Gasteiger partial charge in [-0.2, -0.15) is 0 Å². The van der Waals surface area contributed by atoms with Crippen molar-refractivity contribution in [2.75, 3.05) is 18.3 Å².